The highest BCUT2D eigenvalue weighted by atomic mass is 79.9. The molecule has 1 aliphatic rings. The zero-order valence-electron chi connectivity index (χ0n) is 10.9. The average molecular weight is 335 g/mol. The zero-order chi connectivity index (χ0) is 13.8. The van der Waals surface area contributed by atoms with Crippen molar-refractivity contribution in [2.45, 2.75) is 13.1 Å². The normalized spacial score (nSPS) is 13.2. The molecule has 5 heteroatoms. The van der Waals surface area contributed by atoms with Gasteiger partial charge in [-0.05, 0) is 45.3 Å². The topological polar surface area (TPSA) is 43.4 Å². The summed E-state index contributed by atoms with van der Waals surface area (Å²) in [5, 5.41) is 3.39. The molecule has 2 heterocycles. The molecule has 1 aromatic carbocycles. The highest BCUT2D eigenvalue weighted by molar-refractivity contribution is 9.10. The fraction of sp³-hybridized carbons (Fsp3) is 0.267. The first-order valence-corrected chi connectivity index (χ1v) is 7.30. The van der Waals surface area contributed by atoms with Gasteiger partial charge in [0.25, 0.3) is 0 Å². The first kappa shape index (κ1) is 13.4. The number of ether oxygens (including phenoxy) is 2. The third kappa shape index (κ3) is 3.11. The van der Waals surface area contributed by atoms with E-state index in [1.807, 2.05) is 18.3 Å². The number of nitrogens with one attached hydrogen (secondary N) is 1. The minimum Gasteiger partial charge on any atom is -0.486 e. The Labute approximate surface area is 126 Å². The molecule has 0 spiro atoms. The summed E-state index contributed by atoms with van der Waals surface area (Å²) in [5.41, 5.74) is 2.33. The molecule has 0 unspecified atom stereocenters. The van der Waals surface area contributed by atoms with Crippen LogP contribution in [0.3, 0.4) is 0 Å². The molecule has 104 valence electrons. The van der Waals surface area contributed by atoms with Crippen molar-refractivity contribution in [2.75, 3.05) is 13.2 Å². The lowest BCUT2D eigenvalue weighted by Crippen LogP contribution is -2.17. The summed E-state index contributed by atoms with van der Waals surface area (Å²) < 4.78 is 12.1. The van der Waals surface area contributed by atoms with Gasteiger partial charge in [0, 0.05) is 25.5 Å². The molecule has 4 nitrogen and oxygen atoms in total. The van der Waals surface area contributed by atoms with Crippen LogP contribution in [0, 0.1) is 0 Å². The highest BCUT2D eigenvalue weighted by Crippen LogP contribution is 2.38. The van der Waals surface area contributed by atoms with Gasteiger partial charge in [-0.1, -0.05) is 6.07 Å². The van der Waals surface area contributed by atoms with E-state index >= 15 is 0 Å². The molecule has 2 aromatic rings. The van der Waals surface area contributed by atoms with Crippen molar-refractivity contribution in [3.8, 4) is 11.5 Å². The second-order valence-electron chi connectivity index (χ2n) is 4.57. The van der Waals surface area contributed by atoms with Gasteiger partial charge in [0.2, 0.25) is 0 Å². The molecule has 20 heavy (non-hydrogen) atoms. The predicted molar refractivity (Wildman–Crippen MR) is 79.9 cm³/mol. The van der Waals surface area contributed by atoms with Crippen molar-refractivity contribution >= 4 is 15.9 Å². The Morgan fingerprint density at radius 1 is 1.15 bits per heavy atom. The largest absolute Gasteiger partial charge is 0.486 e. The minimum atomic E-state index is 0.601. The number of halogens is 1. The Bertz CT molecular complexity index is 590. The molecule has 0 atom stereocenters. The summed E-state index contributed by atoms with van der Waals surface area (Å²) in [7, 11) is 0. The van der Waals surface area contributed by atoms with E-state index in [1.165, 1.54) is 5.56 Å². The Morgan fingerprint density at radius 3 is 2.85 bits per heavy atom. The molecule has 0 radical (unpaired) electrons. The summed E-state index contributed by atoms with van der Waals surface area (Å²) in [6.45, 7) is 2.76. The molecule has 1 aliphatic heterocycles. The summed E-state index contributed by atoms with van der Waals surface area (Å²) >= 11 is 3.53. The fourth-order valence-electron chi connectivity index (χ4n) is 2.12. The van der Waals surface area contributed by atoms with E-state index in [0.717, 1.165) is 34.6 Å². The molecule has 0 saturated heterocycles. The van der Waals surface area contributed by atoms with Crippen molar-refractivity contribution < 1.29 is 9.47 Å². The van der Waals surface area contributed by atoms with Gasteiger partial charge in [0.15, 0.2) is 11.5 Å². The molecule has 1 N–H and O–H groups in total. The summed E-state index contributed by atoms with van der Waals surface area (Å²) in [6.07, 6.45) is 3.65. The molecular formula is C15H15BrN2O2. The maximum Gasteiger partial charge on any atom is 0.175 e. The van der Waals surface area contributed by atoms with Gasteiger partial charge in [-0.2, -0.15) is 0 Å². The van der Waals surface area contributed by atoms with Crippen LogP contribution in [0.25, 0.3) is 0 Å². The van der Waals surface area contributed by atoms with E-state index < -0.39 is 0 Å². The zero-order valence-corrected chi connectivity index (χ0v) is 12.5. The van der Waals surface area contributed by atoms with Gasteiger partial charge in [-0.25, -0.2) is 0 Å². The SMILES string of the molecule is Brc1cc(CNCc2cccnc2)cc2c1OCCO2. The smallest absolute Gasteiger partial charge is 0.175 e. The lowest BCUT2D eigenvalue weighted by Gasteiger charge is -2.20. The van der Waals surface area contributed by atoms with E-state index in [-0.39, 0.29) is 0 Å². The summed E-state index contributed by atoms with van der Waals surface area (Å²) in [4.78, 5) is 4.10. The van der Waals surface area contributed by atoms with Crippen LogP contribution in [0.4, 0.5) is 0 Å². The maximum atomic E-state index is 5.62. The van der Waals surface area contributed by atoms with E-state index in [4.69, 9.17) is 9.47 Å². The minimum absolute atomic E-state index is 0.601. The van der Waals surface area contributed by atoms with E-state index in [1.54, 1.807) is 6.20 Å². The molecular weight excluding hydrogens is 320 g/mol. The number of nitrogens with zero attached hydrogens (tertiary/aromatic N) is 1. The van der Waals surface area contributed by atoms with Crippen LogP contribution in [-0.2, 0) is 13.1 Å². The molecule has 3 rings (SSSR count). The first-order chi connectivity index (χ1) is 9.83. The van der Waals surface area contributed by atoms with Crippen LogP contribution < -0.4 is 14.8 Å². The number of hydrogen-bond acceptors (Lipinski definition) is 4. The van der Waals surface area contributed by atoms with E-state index in [9.17, 15) is 0 Å². The lowest BCUT2D eigenvalue weighted by molar-refractivity contribution is 0.170. The van der Waals surface area contributed by atoms with Crippen LogP contribution in [0.1, 0.15) is 11.1 Å². The maximum absolute atomic E-state index is 5.62. The molecule has 0 fully saturated rings. The van der Waals surface area contributed by atoms with Gasteiger partial charge in [0.05, 0.1) is 4.47 Å². The highest BCUT2D eigenvalue weighted by Gasteiger charge is 2.16. The molecule has 0 aliphatic carbocycles. The second-order valence-corrected chi connectivity index (χ2v) is 5.42. The molecule has 1 aromatic heterocycles. The van der Waals surface area contributed by atoms with Gasteiger partial charge >= 0.3 is 0 Å². The van der Waals surface area contributed by atoms with Crippen molar-refractivity contribution in [3.05, 3.63) is 52.3 Å². The second kappa shape index (κ2) is 6.24. The van der Waals surface area contributed by atoms with Crippen LogP contribution in [0.15, 0.2) is 41.1 Å². The van der Waals surface area contributed by atoms with Gasteiger partial charge in [-0.15, -0.1) is 0 Å². The van der Waals surface area contributed by atoms with Gasteiger partial charge in [0.1, 0.15) is 13.2 Å². The Kier molecular flexibility index (Phi) is 4.18. The van der Waals surface area contributed by atoms with Crippen molar-refractivity contribution in [1.29, 1.82) is 0 Å². The van der Waals surface area contributed by atoms with Crippen molar-refractivity contribution in [1.82, 2.24) is 10.3 Å². The Balaban J connectivity index is 1.64. The number of benzene rings is 1. The number of hydrogen-bond donors (Lipinski definition) is 1. The summed E-state index contributed by atoms with van der Waals surface area (Å²) in [5.74, 6) is 1.61. The third-order valence-corrected chi connectivity index (χ3v) is 3.63. The van der Waals surface area contributed by atoms with Gasteiger partial charge < -0.3 is 14.8 Å². The summed E-state index contributed by atoms with van der Waals surface area (Å²) in [6, 6.07) is 8.08. The van der Waals surface area contributed by atoms with Crippen molar-refractivity contribution in [3.63, 3.8) is 0 Å². The fourth-order valence-corrected chi connectivity index (χ4v) is 2.72. The standard InChI is InChI=1S/C15H15BrN2O2/c16-13-6-12(7-14-15(13)20-5-4-19-14)10-18-9-11-2-1-3-17-8-11/h1-3,6-8,18H,4-5,9-10H2. The van der Waals surface area contributed by atoms with E-state index in [0.29, 0.717) is 13.2 Å². The Hall–Kier alpha value is -1.59. The van der Waals surface area contributed by atoms with Crippen molar-refractivity contribution in [2.24, 2.45) is 0 Å². The lowest BCUT2D eigenvalue weighted by atomic mass is 10.2. The van der Waals surface area contributed by atoms with Crippen LogP contribution in [-0.4, -0.2) is 18.2 Å². The monoisotopic (exact) mass is 334 g/mol. The van der Waals surface area contributed by atoms with Crippen LogP contribution >= 0.6 is 15.9 Å². The third-order valence-electron chi connectivity index (χ3n) is 3.04. The molecule has 0 saturated carbocycles. The average Bonchev–Trinajstić information content (AvgIpc) is 2.48. The van der Waals surface area contributed by atoms with Crippen LogP contribution in [0.5, 0.6) is 11.5 Å². The predicted octanol–water partition coefficient (Wildman–Crippen LogP) is 2.91. The van der Waals surface area contributed by atoms with Gasteiger partial charge in [-0.3, -0.25) is 4.98 Å². The Morgan fingerprint density at radius 2 is 2.00 bits per heavy atom. The van der Waals surface area contributed by atoms with Crippen LogP contribution in [0.2, 0.25) is 0 Å². The number of rotatable bonds is 4. The number of fused-ring (bicyclic) bond motifs is 1. The first-order valence-electron chi connectivity index (χ1n) is 6.50. The quantitative estimate of drug-likeness (QED) is 0.933. The number of aromatic nitrogens is 1. The number of pyridine rings is 1. The molecule has 0 bridgehead atoms. The molecule has 0 amide bonds. The van der Waals surface area contributed by atoms with E-state index in [2.05, 4.69) is 38.4 Å².